The molecule has 2 N–H and O–H groups in total. The van der Waals surface area contributed by atoms with E-state index in [1.54, 1.807) is 4.90 Å². The number of carbonyl (C=O) groups excluding carboxylic acids is 1. The Hall–Kier alpha value is -1.39. The minimum absolute atomic E-state index is 0.00121. The molecule has 0 saturated carbocycles. The SMILES string of the molecule is CC(C)Cc1ccc(N2CC(CN)OCC2=O)cc1. The summed E-state index contributed by atoms with van der Waals surface area (Å²) in [7, 11) is 0. The summed E-state index contributed by atoms with van der Waals surface area (Å²) in [5.41, 5.74) is 7.84. The number of ether oxygens (including phenoxy) is 1. The average molecular weight is 262 g/mol. The van der Waals surface area contributed by atoms with Crippen LogP contribution in [0.4, 0.5) is 5.69 Å². The van der Waals surface area contributed by atoms with Crippen molar-refractivity contribution >= 4 is 11.6 Å². The van der Waals surface area contributed by atoms with E-state index in [0.29, 0.717) is 19.0 Å². The van der Waals surface area contributed by atoms with E-state index < -0.39 is 0 Å². The van der Waals surface area contributed by atoms with Crippen LogP contribution in [-0.2, 0) is 16.0 Å². The van der Waals surface area contributed by atoms with E-state index in [-0.39, 0.29) is 18.6 Å². The maximum Gasteiger partial charge on any atom is 0.253 e. The van der Waals surface area contributed by atoms with Gasteiger partial charge in [-0.05, 0) is 30.0 Å². The molecule has 104 valence electrons. The van der Waals surface area contributed by atoms with Gasteiger partial charge >= 0.3 is 0 Å². The fraction of sp³-hybridized carbons (Fsp3) is 0.533. The minimum atomic E-state index is -0.0620. The van der Waals surface area contributed by atoms with Gasteiger partial charge in [-0.1, -0.05) is 26.0 Å². The van der Waals surface area contributed by atoms with Crippen molar-refractivity contribution in [3.8, 4) is 0 Å². The lowest BCUT2D eigenvalue weighted by atomic mass is 10.0. The Morgan fingerprint density at radius 1 is 1.37 bits per heavy atom. The molecule has 19 heavy (non-hydrogen) atoms. The van der Waals surface area contributed by atoms with Crippen LogP contribution in [0.2, 0.25) is 0 Å². The molecule has 4 heteroatoms. The summed E-state index contributed by atoms with van der Waals surface area (Å²) in [5.74, 6) is 0.638. The van der Waals surface area contributed by atoms with Crippen LogP contribution in [0.15, 0.2) is 24.3 Å². The van der Waals surface area contributed by atoms with E-state index in [4.69, 9.17) is 10.5 Å². The number of nitrogens with zero attached hydrogens (tertiary/aromatic N) is 1. The zero-order chi connectivity index (χ0) is 13.8. The molecule has 1 aliphatic rings. The van der Waals surface area contributed by atoms with Gasteiger partial charge in [0.05, 0.1) is 12.6 Å². The van der Waals surface area contributed by atoms with Crippen molar-refractivity contribution in [2.45, 2.75) is 26.4 Å². The lowest BCUT2D eigenvalue weighted by Gasteiger charge is -2.32. The van der Waals surface area contributed by atoms with E-state index in [9.17, 15) is 4.79 Å². The lowest BCUT2D eigenvalue weighted by Crippen LogP contribution is -2.49. The number of amides is 1. The molecule has 0 spiro atoms. The number of nitrogens with two attached hydrogens (primary N) is 1. The Balaban J connectivity index is 2.09. The highest BCUT2D eigenvalue weighted by Crippen LogP contribution is 2.20. The quantitative estimate of drug-likeness (QED) is 0.896. The molecular formula is C15H22N2O2. The van der Waals surface area contributed by atoms with Crippen molar-refractivity contribution in [3.63, 3.8) is 0 Å². The van der Waals surface area contributed by atoms with Gasteiger partial charge in [0.15, 0.2) is 0 Å². The van der Waals surface area contributed by atoms with E-state index in [1.165, 1.54) is 5.56 Å². The predicted molar refractivity (Wildman–Crippen MR) is 76.1 cm³/mol. The molecule has 4 nitrogen and oxygen atoms in total. The number of hydrogen-bond acceptors (Lipinski definition) is 3. The molecule has 1 fully saturated rings. The van der Waals surface area contributed by atoms with Crippen molar-refractivity contribution in [2.75, 3.05) is 24.6 Å². The number of rotatable bonds is 4. The fourth-order valence-corrected chi connectivity index (χ4v) is 2.30. The highest BCUT2D eigenvalue weighted by molar-refractivity contribution is 5.95. The van der Waals surface area contributed by atoms with E-state index in [2.05, 4.69) is 26.0 Å². The van der Waals surface area contributed by atoms with Gasteiger partial charge in [0.1, 0.15) is 6.61 Å². The second kappa shape index (κ2) is 6.17. The molecule has 1 amide bonds. The number of carbonyl (C=O) groups is 1. The average Bonchev–Trinajstić information content (AvgIpc) is 2.40. The molecule has 1 aromatic carbocycles. The summed E-state index contributed by atoms with van der Waals surface area (Å²) in [6.07, 6.45) is 0.996. The Morgan fingerprint density at radius 3 is 2.63 bits per heavy atom. The first-order valence-corrected chi connectivity index (χ1v) is 6.81. The number of anilines is 1. The largest absolute Gasteiger partial charge is 0.365 e. The number of hydrogen-bond donors (Lipinski definition) is 1. The summed E-state index contributed by atoms with van der Waals surface area (Å²) in [6, 6.07) is 8.20. The topological polar surface area (TPSA) is 55.6 Å². The second-order valence-corrected chi connectivity index (χ2v) is 5.44. The van der Waals surface area contributed by atoms with Crippen molar-refractivity contribution < 1.29 is 9.53 Å². The first-order valence-electron chi connectivity index (χ1n) is 6.81. The van der Waals surface area contributed by atoms with Crippen molar-refractivity contribution in [1.82, 2.24) is 0 Å². The van der Waals surface area contributed by atoms with Gasteiger partial charge in [0, 0.05) is 12.2 Å². The van der Waals surface area contributed by atoms with Crippen LogP contribution in [0.1, 0.15) is 19.4 Å². The van der Waals surface area contributed by atoms with Crippen molar-refractivity contribution in [1.29, 1.82) is 0 Å². The zero-order valence-corrected chi connectivity index (χ0v) is 11.6. The summed E-state index contributed by atoms with van der Waals surface area (Å²) in [6.45, 7) is 5.50. The van der Waals surface area contributed by atoms with E-state index in [0.717, 1.165) is 12.1 Å². The monoisotopic (exact) mass is 262 g/mol. The highest BCUT2D eigenvalue weighted by Gasteiger charge is 2.26. The Bertz CT molecular complexity index is 428. The van der Waals surface area contributed by atoms with Gasteiger partial charge in [-0.2, -0.15) is 0 Å². The van der Waals surface area contributed by atoms with Crippen LogP contribution < -0.4 is 10.6 Å². The number of benzene rings is 1. The van der Waals surface area contributed by atoms with Crippen LogP contribution in [0.5, 0.6) is 0 Å². The first kappa shape index (κ1) is 14.0. The number of morpholine rings is 1. The standard InChI is InChI=1S/C15H22N2O2/c1-11(2)7-12-3-5-13(6-4-12)17-9-14(8-16)19-10-15(17)18/h3-6,11,14H,7-10,16H2,1-2H3. The minimum Gasteiger partial charge on any atom is -0.365 e. The Labute approximate surface area is 114 Å². The molecule has 1 unspecified atom stereocenters. The maximum atomic E-state index is 11.9. The Kier molecular flexibility index (Phi) is 4.56. The van der Waals surface area contributed by atoms with Gasteiger partial charge in [-0.25, -0.2) is 0 Å². The van der Waals surface area contributed by atoms with Gasteiger partial charge < -0.3 is 15.4 Å². The lowest BCUT2D eigenvalue weighted by molar-refractivity contribution is -0.128. The van der Waals surface area contributed by atoms with E-state index in [1.807, 2.05) is 12.1 Å². The van der Waals surface area contributed by atoms with Gasteiger partial charge in [0.25, 0.3) is 5.91 Å². The summed E-state index contributed by atoms with van der Waals surface area (Å²) >= 11 is 0. The molecule has 0 radical (unpaired) electrons. The van der Waals surface area contributed by atoms with E-state index >= 15 is 0 Å². The molecule has 1 aromatic rings. The molecule has 1 heterocycles. The molecular weight excluding hydrogens is 240 g/mol. The molecule has 2 rings (SSSR count). The zero-order valence-electron chi connectivity index (χ0n) is 11.6. The summed E-state index contributed by atoms with van der Waals surface area (Å²) in [4.78, 5) is 13.6. The third-order valence-electron chi connectivity index (χ3n) is 3.28. The van der Waals surface area contributed by atoms with Gasteiger partial charge in [0.2, 0.25) is 0 Å². The Morgan fingerprint density at radius 2 is 2.05 bits per heavy atom. The molecule has 1 saturated heterocycles. The second-order valence-electron chi connectivity index (χ2n) is 5.44. The summed E-state index contributed by atoms with van der Waals surface area (Å²) in [5, 5.41) is 0. The van der Waals surface area contributed by atoms with Crippen LogP contribution in [0, 0.1) is 5.92 Å². The van der Waals surface area contributed by atoms with Crippen LogP contribution in [-0.4, -0.2) is 31.7 Å². The molecule has 0 aliphatic carbocycles. The van der Waals surface area contributed by atoms with Crippen molar-refractivity contribution in [3.05, 3.63) is 29.8 Å². The van der Waals surface area contributed by atoms with Gasteiger partial charge in [-0.3, -0.25) is 4.79 Å². The third-order valence-corrected chi connectivity index (χ3v) is 3.28. The fourth-order valence-electron chi connectivity index (χ4n) is 2.30. The third kappa shape index (κ3) is 3.55. The maximum absolute atomic E-state index is 11.9. The molecule has 1 aliphatic heterocycles. The predicted octanol–water partition coefficient (Wildman–Crippen LogP) is 1.58. The molecule has 0 bridgehead atoms. The highest BCUT2D eigenvalue weighted by atomic mass is 16.5. The van der Waals surface area contributed by atoms with Crippen molar-refractivity contribution in [2.24, 2.45) is 11.7 Å². The van der Waals surface area contributed by atoms with Crippen LogP contribution in [0.25, 0.3) is 0 Å². The van der Waals surface area contributed by atoms with Crippen LogP contribution in [0.3, 0.4) is 0 Å². The first-order chi connectivity index (χ1) is 9.10. The smallest absolute Gasteiger partial charge is 0.253 e. The summed E-state index contributed by atoms with van der Waals surface area (Å²) < 4.78 is 5.35. The van der Waals surface area contributed by atoms with Gasteiger partial charge in [-0.15, -0.1) is 0 Å². The molecule has 0 aromatic heterocycles. The van der Waals surface area contributed by atoms with Crippen LogP contribution >= 0.6 is 0 Å². The normalized spacial score (nSPS) is 20.1. The molecule has 1 atom stereocenters.